The number of hydrogen-bond acceptors (Lipinski definition) is 5. The first kappa shape index (κ1) is 31.2. The van der Waals surface area contributed by atoms with Crippen molar-refractivity contribution in [1.29, 1.82) is 0 Å². The van der Waals surface area contributed by atoms with Crippen molar-refractivity contribution in [1.82, 2.24) is 10.2 Å². The van der Waals surface area contributed by atoms with Gasteiger partial charge in [-0.3, -0.25) is 0 Å². The van der Waals surface area contributed by atoms with Crippen molar-refractivity contribution in [3.63, 3.8) is 0 Å². The Morgan fingerprint density at radius 1 is 0.953 bits per heavy atom. The number of nitrogens with zero attached hydrogens (tertiary/aromatic N) is 1. The summed E-state index contributed by atoms with van der Waals surface area (Å²) in [5.41, 5.74) is 0.318. The third-order valence-electron chi connectivity index (χ3n) is 9.09. The number of alkyl halides is 3. The van der Waals surface area contributed by atoms with E-state index in [1.54, 1.807) is 11.9 Å². The number of esters is 1. The fraction of sp³-hybridized carbons (Fsp3) is 0.576. The number of likely N-dealkylation sites (N-methyl/N-ethyl adjacent to an activating group) is 1. The highest BCUT2D eigenvalue weighted by atomic mass is 19.4. The van der Waals surface area contributed by atoms with Crippen LogP contribution < -0.4 is 10.1 Å². The molecule has 3 aliphatic rings. The second-order valence-electron chi connectivity index (χ2n) is 12.1. The molecule has 1 aliphatic heterocycles. The fourth-order valence-corrected chi connectivity index (χ4v) is 6.39. The number of carbonyl (C=O) groups excluding carboxylic acids is 2. The van der Waals surface area contributed by atoms with Crippen LogP contribution in [-0.4, -0.2) is 61.0 Å². The average Bonchev–Trinajstić information content (AvgIpc) is 3.75. The molecule has 2 amide bonds. The first-order valence-corrected chi connectivity index (χ1v) is 15.4. The van der Waals surface area contributed by atoms with Crippen LogP contribution >= 0.6 is 0 Å². The second-order valence-corrected chi connectivity index (χ2v) is 12.1. The molecule has 7 nitrogen and oxygen atoms in total. The van der Waals surface area contributed by atoms with Gasteiger partial charge >= 0.3 is 18.2 Å². The summed E-state index contributed by atoms with van der Waals surface area (Å²) >= 11 is 0. The Bertz CT molecular complexity index is 1220. The van der Waals surface area contributed by atoms with Crippen molar-refractivity contribution in [3.8, 4) is 5.75 Å². The van der Waals surface area contributed by atoms with Gasteiger partial charge in [0.05, 0.1) is 23.8 Å². The lowest BCUT2D eigenvalue weighted by Gasteiger charge is -2.35. The SMILES string of the molecule is CN1C(=O)NCC1(CCOc1ccc(CC(OC2CCCC2)C(=O)OC2CCCC2)cc1)Cc1ccc(C(F)(F)F)cc1. The van der Waals surface area contributed by atoms with Gasteiger partial charge in [-0.1, -0.05) is 37.1 Å². The van der Waals surface area contributed by atoms with Gasteiger partial charge in [0.25, 0.3) is 0 Å². The Balaban J connectivity index is 1.18. The average molecular weight is 603 g/mol. The number of ether oxygens (including phenoxy) is 3. The van der Waals surface area contributed by atoms with Crippen LogP contribution in [0.25, 0.3) is 0 Å². The molecule has 1 saturated heterocycles. The van der Waals surface area contributed by atoms with E-state index in [-0.39, 0.29) is 24.2 Å². The minimum Gasteiger partial charge on any atom is -0.494 e. The molecular weight excluding hydrogens is 561 g/mol. The third kappa shape index (κ3) is 8.02. The van der Waals surface area contributed by atoms with E-state index in [0.717, 1.165) is 69.1 Å². The number of amides is 2. The maximum atomic E-state index is 13.0. The van der Waals surface area contributed by atoms with Crippen molar-refractivity contribution >= 4 is 12.0 Å². The molecule has 2 saturated carbocycles. The van der Waals surface area contributed by atoms with E-state index in [4.69, 9.17) is 14.2 Å². The monoisotopic (exact) mass is 602 g/mol. The van der Waals surface area contributed by atoms with Gasteiger partial charge in [0, 0.05) is 26.4 Å². The topological polar surface area (TPSA) is 77.1 Å². The molecular formula is C33H41F3N2O5. The molecule has 234 valence electrons. The molecule has 2 unspecified atom stereocenters. The number of hydrogen-bond donors (Lipinski definition) is 1. The number of nitrogens with one attached hydrogen (secondary N) is 1. The molecule has 2 aliphatic carbocycles. The maximum absolute atomic E-state index is 13.0. The van der Waals surface area contributed by atoms with Gasteiger partial charge in [-0.2, -0.15) is 13.2 Å². The zero-order chi connectivity index (χ0) is 30.5. The molecule has 0 aromatic heterocycles. The van der Waals surface area contributed by atoms with E-state index in [1.807, 2.05) is 24.3 Å². The van der Waals surface area contributed by atoms with Gasteiger partial charge in [-0.05, 0) is 80.3 Å². The summed E-state index contributed by atoms with van der Waals surface area (Å²) in [6.07, 6.45) is 4.53. The summed E-state index contributed by atoms with van der Waals surface area (Å²) in [6.45, 7) is 0.672. The summed E-state index contributed by atoms with van der Waals surface area (Å²) in [7, 11) is 1.70. The molecule has 5 rings (SSSR count). The quantitative estimate of drug-likeness (QED) is 0.282. The van der Waals surface area contributed by atoms with E-state index >= 15 is 0 Å². The summed E-state index contributed by atoms with van der Waals surface area (Å²) in [5, 5.41) is 2.85. The van der Waals surface area contributed by atoms with Crippen molar-refractivity contribution < 1.29 is 37.0 Å². The number of urea groups is 1. The lowest BCUT2D eigenvalue weighted by atomic mass is 9.87. The van der Waals surface area contributed by atoms with E-state index in [2.05, 4.69) is 5.32 Å². The van der Waals surface area contributed by atoms with Gasteiger partial charge in [-0.15, -0.1) is 0 Å². The van der Waals surface area contributed by atoms with Crippen molar-refractivity contribution in [2.45, 2.75) is 101 Å². The Morgan fingerprint density at radius 3 is 2.14 bits per heavy atom. The summed E-state index contributed by atoms with van der Waals surface area (Å²) < 4.78 is 57.1. The minimum atomic E-state index is -4.40. The summed E-state index contributed by atoms with van der Waals surface area (Å²) in [6, 6.07) is 12.4. The lowest BCUT2D eigenvalue weighted by molar-refractivity contribution is -0.166. The predicted molar refractivity (Wildman–Crippen MR) is 155 cm³/mol. The van der Waals surface area contributed by atoms with Gasteiger partial charge in [-0.25, -0.2) is 9.59 Å². The van der Waals surface area contributed by atoms with Crippen LogP contribution in [0.2, 0.25) is 0 Å². The van der Waals surface area contributed by atoms with Gasteiger partial charge < -0.3 is 24.4 Å². The molecule has 43 heavy (non-hydrogen) atoms. The number of carbonyl (C=O) groups is 2. The summed E-state index contributed by atoms with van der Waals surface area (Å²) in [5.74, 6) is 0.372. The molecule has 0 spiro atoms. The predicted octanol–water partition coefficient (Wildman–Crippen LogP) is 6.47. The summed E-state index contributed by atoms with van der Waals surface area (Å²) in [4.78, 5) is 27.0. The van der Waals surface area contributed by atoms with Gasteiger partial charge in [0.15, 0.2) is 6.10 Å². The minimum absolute atomic E-state index is 0.00935. The lowest BCUT2D eigenvalue weighted by Crippen LogP contribution is -2.48. The Morgan fingerprint density at radius 2 is 1.56 bits per heavy atom. The van der Waals surface area contributed by atoms with Crippen LogP contribution in [0.4, 0.5) is 18.0 Å². The molecule has 0 radical (unpaired) electrons. The Hall–Kier alpha value is -3.27. The van der Waals surface area contributed by atoms with E-state index < -0.39 is 23.4 Å². The highest BCUT2D eigenvalue weighted by Gasteiger charge is 2.43. The maximum Gasteiger partial charge on any atom is 0.416 e. The highest BCUT2D eigenvalue weighted by molar-refractivity contribution is 5.77. The molecule has 10 heteroatoms. The standard InChI is InChI=1S/C33H41F3N2O5/c1-38-31(40)37-22-32(38,21-24-10-14-25(15-11-24)33(34,35)36)18-19-41-26-16-12-23(13-17-26)20-29(42-27-6-2-3-7-27)30(39)43-28-8-4-5-9-28/h10-17,27-29H,2-9,18-22H2,1H3,(H,37,40). The van der Waals surface area contributed by atoms with Crippen LogP contribution in [0.5, 0.6) is 5.75 Å². The van der Waals surface area contributed by atoms with Gasteiger partial charge in [0.2, 0.25) is 0 Å². The molecule has 1 heterocycles. The van der Waals surface area contributed by atoms with Crippen LogP contribution in [0, 0.1) is 0 Å². The molecule has 3 fully saturated rings. The van der Waals surface area contributed by atoms with E-state index in [9.17, 15) is 22.8 Å². The third-order valence-corrected chi connectivity index (χ3v) is 9.09. The van der Waals surface area contributed by atoms with Gasteiger partial charge in [0.1, 0.15) is 11.9 Å². The largest absolute Gasteiger partial charge is 0.494 e. The zero-order valence-electron chi connectivity index (χ0n) is 24.7. The second kappa shape index (κ2) is 13.6. The highest BCUT2D eigenvalue weighted by Crippen LogP contribution is 2.32. The Kier molecular flexibility index (Phi) is 9.84. The molecule has 2 aromatic carbocycles. The zero-order valence-corrected chi connectivity index (χ0v) is 24.7. The molecule has 0 bridgehead atoms. The Labute approximate surface area is 251 Å². The molecule has 2 atom stereocenters. The number of benzene rings is 2. The fourth-order valence-electron chi connectivity index (χ4n) is 6.39. The van der Waals surface area contributed by atoms with E-state index in [0.29, 0.717) is 43.7 Å². The van der Waals surface area contributed by atoms with Crippen LogP contribution in [-0.2, 0) is 33.3 Å². The number of halogens is 3. The van der Waals surface area contributed by atoms with Crippen molar-refractivity contribution in [2.24, 2.45) is 0 Å². The van der Waals surface area contributed by atoms with Crippen LogP contribution in [0.1, 0.15) is 74.5 Å². The molecule has 1 N–H and O–H groups in total. The van der Waals surface area contributed by atoms with Crippen LogP contribution in [0.3, 0.4) is 0 Å². The van der Waals surface area contributed by atoms with Crippen molar-refractivity contribution in [3.05, 3.63) is 65.2 Å². The van der Waals surface area contributed by atoms with E-state index in [1.165, 1.54) is 12.1 Å². The molecule has 2 aromatic rings. The first-order chi connectivity index (χ1) is 20.6. The van der Waals surface area contributed by atoms with Crippen LogP contribution in [0.15, 0.2) is 48.5 Å². The first-order valence-electron chi connectivity index (χ1n) is 15.4. The number of rotatable bonds is 12. The normalized spacial score (nSPS) is 22.1. The van der Waals surface area contributed by atoms with Crippen molar-refractivity contribution in [2.75, 3.05) is 20.2 Å². The smallest absolute Gasteiger partial charge is 0.416 e.